The monoisotopic (exact) mass is 251 g/mol. The number of halogens is 1. The van der Waals surface area contributed by atoms with Gasteiger partial charge in [0.25, 0.3) is 0 Å². The summed E-state index contributed by atoms with van der Waals surface area (Å²) < 4.78 is 6.72. The van der Waals surface area contributed by atoms with Crippen molar-refractivity contribution in [3.8, 4) is 5.75 Å². The number of allylic oxidation sites excluding steroid dienone is 1. The fourth-order valence-corrected chi connectivity index (χ4v) is 1.94. The molecule has 1 aromatic rings. The Hall–Kier alpha value is -0.760. The van der Waals surface area contributed by atoms with Gasteiger partial charge in [0, 0.05) is 16.5 Å². The molecule has 2 rings (SSSR count). The van der Waals surface area contributed by atoms with Gasteiger partial charge in [-0.3, -0.25) is 0 Å². The highest BCUT2D eigenvalue weighted by molar-refractivity contribution is 9.10. The van der Waals surface area contributed by atoms with E-state index in [-0.39, 0.29) is 0 Å². The zero-order valence-electron chi connectivity index (χ0n) is 8.14. The second-order valence-corrected chi connectivity index (χ2v) is 4.38. The highest BCUT2D eigenvalue weighted by atomic mass is 79.9. The van der Waals surface area contributed by atoms with Gasteiger partial charge < -0.3 is 4.74 Å². The van der Waals surface area contributed by atoms with E-state index in [1.165, 1.54) is 11.1 Å². The van der Waals surface area contributed by atoms with Crippen LogP contribution in [0.4, 0.5) is 0 Å². The van der Waals surface area contributed by atoms with E-state index in [4.69, 9.17) is 4.74 Å². The predicted octanol–water partition coefficient (Wildman–Crippen LogP) is 3.84. The average molecular weight is 252 g/mol. The van der Waals surface area contributed by atoms with Crippen molar-refractivity contribution in [3.05, 3.63) is 40.7 Å². The zero-order chi connectivity index (χ0) is 10.1. The first kappa shape index (κ1) is 9.78. The van der Waals surface area contributed by atoms with Crippen LogP contribution in [-0.4, -0.2) is 6.61 Å². The Morgan fingerprint density at radius 1 is 1.43 bits per heavy atom. The lowest BCUT2D eigenvalue weighted by Crippen LogP contribution is -1.95. The van der Waals surface area contributed by atoms with Gasteiger partial charge in [-0.25, -0.2) is 0 Å². The Kier molecular flexibility index (Phi) is 2.64. The van der Waals surface area contributed by atoms with Gasteiger partial charge in [-0.2, -0.15) is 0 Å². The quantitative estimate of drug-likeness (QED) is 0.681. The van der Waals surface area contributed by atoms with Crippen LogP contribution in [0.15, 0.2) is 28.2 Å². The first-order chi connectivity index (χ1) is 6.68. The van der Waals surface area contributed by atoms with Crippen LogP contribution in [0, 0.1) is 6.92 Å². The summed E-state index contributed by atoms with van der Waals surface area (Å²) in [6, 6.07) is 6.09. The Labute approximate surface area is 92.9 Å². The maximum absolute atomic E-state index is 5.64. The highest BCUT2D eigenvalue weighted by Crippen LogP contribution is 2.33. The smallest absolute Gasteiger partial charge is 0.126 e. The van der Waals surface area contributed by atoms with E-state index < -0.39 is 0 Å². The van der Waals surface area contributed by atoms with Gasteiger partial charge in [0.2, 0.25) is 0 Å². The predicted molar refractivity (Wildman–Crippen MR) is 62.2 cm³/mol. The van der Waals surface area contributed by atoms with Gasteiger partial charge >= 0.3 is 0 Å². The number of ether oxygens (including phenoxy) is 1. The molecule has 73 valence electrons. The van der Waals surface area contributed by atoms with Gasteiger partial charge in [-0.05, 0) is 37.6 Å². The molecular weight excluding hydrogens is 240 g/mol. The Bertz CT molecular complexity index is 393. The van der Waals surface area contributed by atoms with Crippen molar-refractivity contribution >= 4 is 21.5 Å². The fraction of sp³-hybridized carbons (Fsp3) is 0.250. The van der Waals surface area contributed by atoms with Crippen molar-refractivity contribution < 1.29 is 4.74 Å². The van der Waals surface area contributed by atoms with Gasteiger partial charge in [0.15, 0.2) is 0 Å². The molecule has 1 heterocycles. The van der Waals surface area contributed by atoms with E-state index in [0.29, 0.717) is 0 Å². The summed E-state index contributed by atoms with van der Waals surface area (Å²) >= 11 is 3.46. The molecule has 2 heteroatoms. The molecule has 1 radical (unpaired) electrons. The lowest BCUT2D eigenvalue weighted by molar-refractivity contribution is 0.324. The van der Waals surface area contributed by atoms with Crippen LogP contribution in [0.1, 0.15) is 18.9 Å². The minimum absolute atomic E-state index is 0.727. The highest BCUT2D eigenvalue weighted by Gasteiger charge is 2.12. The normalized spacial score (nSPS) is 15.9. The number of fused-ring (bicyclic) bond motifs is 1. The van der Waals surface area contributed by atoms with Gasteiger partial charge in [0.1, 0.15) is 5.75 Å². The second kappa shape index (κ2) is 3.77. The Balaban J connectivity index is 2.59. The van der Waals surface area contributed by atoms with Crippen LogP contribution in [0.2, 0.25) is 0 Å². The molecule has 0 fully saturated rings. The summed E-state index contributed by atoms with van der Waals surface area (Å²) in [5.74, 6) is 0.962. The molecule has 14 heavy (non-hydrogen) atoms. The summed E-state index contributed by atoms with van der Waals surface area (Å²) in [6.07, 6.45) is 0.915. The molecule has 0 aromatic heterocycles. The van der Waals surface area contributed by atoms with E-state index >= 15 is 0 Å². The van der Waals surface area contributed by atoms with Crippen molar-refractivity contribution in [1.82, 2.24) is 0 Å². The van der Waals surface area contributed by atoms with Crippen LogP contribution in [0.25, 0.3) is 5.57 Å². The molecule has 0 amide bonds. The summed E-state index contributed by atoms with van der Waals surface area (Å²) in [7, 11) is 0. The summed E-state index contributed by atoms with van der Waals surface area (Å²) in [5.41, 5.74) is 3.56. The molecule has 0 spiro atoms. The van der Waals surface area contributed by atoms with E-state index in [1.807, 2.05) is 12.1 Å². The molecular formula is C12H12BrO. The van der Waals surface area contributed by atoms with Crippen LogP contribution >= 0.6 is 15.9 Å². The third kappa shape index (κ3) is 1.71. The van der Waals surface area contributed by atoms with Crippen molar-refractivity contribution in [3.63, 3.8) is 0 Å². The zero-order valence-corrected chi connectivity index (χ0v) is 9.73. The number of benzene rings is 1. The first-order valence-corrected chi connectivity index (χ1v) is 5.42. The summed E-state index contributed by atoms with van der Waals surface area (Å²) in [4.78, 5) is 0. The number of rotatable bonds is 0. The van der Waals surface area contributed by atoms with Gasteiger partial charge in [0.05, 0.1) is 6.61 Å². The average Bonchev–Trinajstić information content (AvgIpc) is 2.30. The maximum atomic E-state index is 5.64. The molecule has 1 aliphatic rings. The molecule has 0 atom stereocenters. The van der Waals surface area contributed by atoms with Crippen molar-refractivity contribution in [2.75, 3.05) is 6.61 Å². The first-order valence-electron chi connectivity index (χ1n) is 4.63. The Morgan fingerprint density at radius 2 is 2.21 bits per heavy atom. The Morgan fingerprint density at radius 3 is 3.00 bits per heavy atom. The summed E-state index contributed by atoms with van der Waals surface area (Å²) in [5, 5.41) is 0. The van der Waals surface area contributed by atoms with Crippen LogP contribution in [-0.2, 0) is 0 Å². The van der Waals surface area contributed by atoms with E-state index in [0.717, 1.165) is 28.8 Å². The third-order valence-electron chi connectivity index (χ3n) is 2.54. The summed E-state index contributed by atoms with van der Waals surface area (Å²) in [6.45, 7) is 6.88. The van der Waals surface area contributed by atoms with E-state index in [9.17, 15) is 0 Å². The standard InChI is InChI=1S/C12H12BrO/c1-8-5-6-14-12-4-3-10(13)7-11(12)9(8)2/h3-4,7H,1,5-6H2,2H3. The third-order valence-corrected chi connectivity index (χ3v) is 3.03. The van der Waals surface area contributed by atoms with E-state index in [1.54, 1.807) is 0 Å². The molecule has 1 aliphatic heterocycles. The molecule has 1 nitrogen and oxygen atoms in total. The molecule has 1 aromatic carbocycles. The molecule has 0 saturated carbocycles. The van der Waals surface area contributed by atoms with Crippen molar-refractivity contribution in [2.45, 2.75) is 13.3 Å². The van der Waals surface area contributed by atoms with E-state index in [2.05, 4.69) is 35.8 Å². The fourth-order valence-electron chi connectivity index (χ4n) is 1.58. The molecule has 0 N–H and O–H groups in total. The van der Waals surface area contributed by atoms with Crippen molar-refractivity contribution in [2.24, 2.45) is 0 Å². The maximum Gasteiger partial charge on any atom is 0.126 e. The van der Waals surface area contributed by atoms with Crippen LogP contribution < -0.4 is 4.74 Å². The minimum atomic E-state index is 0.727. The lowest BCUT2D eigenvalue weighted by atomic mass is 10.0. The second-order valence-electron chi connectivity index (χ2n) is 3.47. The lowest BCUT2D eigenvalue weighted by Gasteiger charge is -2.08. The van der Waals surface area contributed by atoms with Crippen LogP contribution in [0.5, 0.6) is 5.75 Å². The number of hydrogen-bond donors (Lipinski definition) is 0. The topological polar surface area (TPSA) is 9.23 Å². The molecule has 0 aliphatic carbocycles. The largest absolute Gasteiger partial charge is 0.493 e. The minimum Gasteiger partial charge on any atom is -0.493 e. The van der Waals surface area contributed by atoms with Gasteiger partial charge in [-0.1, -0.05) is 21.5 Å². The molecule has 0 bridgehead atoms. The number of hydrogen-bond acceptors (Lipinski definition) is 1. The van der Waals surface area contributed by atoms with Crippen molar-refractivity contribution in [1.29, 1.82) is 0 Å². The molecule has 0 unspecified atom stereocenters. The SMILES string of the molecule is [CH2]C1=C(C)c2cc(Br)ccc2OCC1. The van der Waals surface area contributed by atoms with Crippen LogP contribution in [0.3, 0.4) is 0 Å². The molecule has 0 saturated heterocycles. The van der Waals surface area contributed by atoms with Gasteiger partial charge in [-0.15, -0.1) is 0 Å².